The topological polar surface area (TPSA) is 82.8 Å². The first kappa shape index (κ1) is 20.0. The summed E-state index contributed by atoms with van der Waals surface area (Å²) in [6.07, 6.45) is 7.04. The first-order valence-corrected chi connectivity index (χ1v) is 8.99. The summed E-state index contributed by atoms with van der Waals surface area (Å²) in [5.41, 5.74) is 0.802. The molecule has 7 nitrogen and oxygen atoms in total. The van der Waals surface area contributed by atoms with E-state index in [-0.39, 0.29) is 35.9 Å². The highest BCUT2D eigenvalue weighted by molar-refractivity contribution is 14.0. The quantitative estimate of drug-likeness (QED) is 0.399. The van der Waals surface area contributed by atoms with Crippen LogP contribution in [0, 0.1) is 5.92 Å². The maximum atomic E-state index is 12.5. The van der Waals surface area contributed by atoms with Gasteiger partial charge in [-0.15, -0.1) is 24.0 Å². The van der Waals surface area contributed by atoms with E-state index >= 15 is 0 Å². The van der Waals surface area contributed by atoms with Gasteiger partial charge in [-0.3, -0.25) is 4.79 Å². The Hall–Kier alpha value is -1.32. The predicted molar refractivity (Wildman–Crippen MR) is 107 cm³/mol. The molecule has 0 radical (unpaired) electrons. The van der Waals surface area contributed by atoms with Gasteiger partial charge < -0.3 is 20.1 Å². The molecule has 1 amide bonds. The van der Waals surface area contributed by atoms with Gasteiger partial charge in [0.2, 0.25) is 5.91 Å². The van der Waals surface area contributed by atoms with E-state index in [4.69, 9.17) is 4.52 Å². The van der Waals surface area contributed by atoms with Gasteiger partial charge >= 0.3 is 0 Å². The number of hydrogen-bond acceptors (Lipinski definition) is 4. The molecule has 0 spiro atoms. The second kappa shape index (κ2) is 9.98. The van der Waals surface area contributed by atoms with Crippen LogP contribution in [0.25, 0.3) is 0 Å². The zero-order valence-corrected chi connectivity index (χ0v) is 17.1. The van der Waals surface area contributed by atoms with Crippen LogP contribution in [0.4, 0.5) is 0 Å². The van der Waals surface area contributed by atoms with Crippen molar-refractivity contribution in [1.29, 1.82) is 0 Å². The zero-order chi connectivity index (χ0) is 16.8. The van der Waals surface area contributed by atoms with Crippen LogP contribution in [-0.4, -0.2) is 47.6 Å². The van der Waals surface area contributed by atoms with Gasteiger partial charge in [0.15, 0.2) is 5.96 Å². The van der Waals surface area contributed by atoms with Crippen molar-refractivity contribution in [3.05, 3.63) is 18.0 Å². The van der Waals surface area contributed by atoms with Crippen LogP contribution in [0.5, 0.6) is 0 Å². The fourth-order valence-corrected chi connectivity index (χ4v) is 3.50. The van der Waals surface area contributed by atoms with Crippen molar-refractivity contribution in [1.82, 2.24) is 20.7 Å². The number of halogens is 1. The number of nitrogens with one attached hydrogen (secondary N) is 2. The Morgan fingerprint density at radius 1 is 1.40 bits per heavy atom. The fourth-order valence-electron chi connectivity index (χ4n) is 3.50. The van der Waals surface area contributed by atoms with Crippen LogP contribution in [0.1, 0.15) is 44.7 Å². The maximum absolute atomic E-state index is 12.5. The molecule has 1 saturated heterocycles. The Kier molecular flexibility index (Phi) is 7.98. The number of nitrogens with zero attached hydrogens (tertiary/aromatic N) is 3. The summed E-state index contributed by atoms with van der Waals surface area (Å²) in [6, 6.07) is 2.07. The molecule has 1 unspecified atom stereocenters. The average molecular weight is 461 g/mol. The minimum absolute atomic E-state index is 0. The number of likely N-dealkylation sites (tertiary alicyclic amines) is 1. The SMILES string of the molecule is CCNC(=NCc1ccon1)NC1CCN(C(=O)C2CCCC2)C1.I. The van der Waals surface area contributed by atoms with Crippen molar-refractivity contribution in [3.63, 3.8) is 0 Å². The summed E-state index contributed by atoms with van der Waals surface area (Å²) in [5.74, 6) is 1.37. The third kappa shape index (κ3) is 5.58. The van der Waals surface area contributed by atoms with Crippen LogP contribution in [-0.2, 0) is 11.3 Å². The van der Waals surface area contributed by atoms with E-state index in [9.17, 15) is 4.79 Å². The van der Waals surface area contributed by atoms with E-state index in [0.29, 0.717) is 12.5 Å². The van der Waals surface area contributed by atoms with E-state index in [1.165, 1.54) is 12.8 Å². The summed E-state index contributed by atoms with van der Waals surface area (Å²) in [7, 11) is 0. The molecule has 0 aromatic carbocycles. The zero-order valence-electron chi connectivity index (χ0n) is 14.7. The van der Waals surface area contributed by atoms with E-state index in [2.05, 4.69) is 20.8 Å². The normalized spacial score (nSPS) is 21.2. The molecule has 0 bridgehead atoms. The van der Waals surface area contributed by atoms with Crippen LogP contribution >= 0.6 is 24.0 Å². The van der Waals surface area contributed by atoms with E-state index in [1.54, 1.807) is 6.26 Å². The Labute approximate surface area is 166 Å². The van der Waals surface area contributed by atoms with Crippen LogP contribution < -0.4 is 10.6 Å². The molecule has 1 aliphatic carbocycles. The molecule has 25 heavy (non-hydrogen) atoms. The molecule has 8 heteroatoms. The summed E-state index contributed by atoms with van der Waals surface area (Å²) in [6.45, 7) is 4.92. The number of aromatic nitrogens is 1. The molecule has 140 valence electrons. The molecule has 3 rings (SSSR count). The Morgan fingerprint density at radius 3 is 2.88 bits per heavy atom. The van der Waals surface area contributed by atoms with E-state index in [0.717, 1.165) is 50.6 Å². The monoisotopic (exact) mass is 461 g/mol. The average Bonchev–Trinajstić information content (AvgIpc) is 3.33. The number of hydrogen-bond donors (Lipinski definition) is 2. The third-order valence-electron chi connectivity index (χ3n) is 4.78. The minimum Gasteiger partial charge on any atom is -0.364 e. The molecule has 2 aliphatic rings. The summed E-state index contributed by atoms with van der Waals surface area (Å²) in [5, 5.41) is 10.6. The standard InChI is InChI=1S/C17H27N5O2.HI/c1-2-18-17(19-11-14-8-10-24-21-14)20-15-7-9-22(12-15)16(23)13-5-3-4-6-13;/h8,10,13,15H,2-7,9,11-12H2,1H3,(H2,18,19,20);1H. The van der Waals surface area contributed by atoms with Crippen molar-refractivity contribution in [2.24, 2.45) is 10.9 Å². The third-order valence-corrected chi connectivity index (χ3v) is 4.78. The van der Waals surface area contributed by atoms with Crippen molar-refractivity contribution >= 4 is 35.8 Å². The van der Waals surface area contributed by atoms with Crippen molar-refractivity contribution < 1.29 is 9.32 Å². The number of amides is 1. The van der Waals surface area contributed by atoms with E-state index < -0.39 is 0 Å². The first-order chi connectivity index (χ1) is 11.8. The first-order valence-electron chi connectivity index (χ1n) is 8.99. The highest BCUT2D eigenvalue weighted by Crippen LogP contribution is 2.27. The molecule has 1 aromatic rings. The van der Waals surface area contributed by atoms with Gasteiger partial charge in [0, 0.05) is 37.7 Å². The van der Waals surface area contributed by atoms with Crippen LogP contribution in [0.2, 0.25) is 0 Å². The van der Waals surface area contributed by atoms with Gasteiger partial charge in [-0.25, -0.2) is 4.99 Å². The second-order valence-corrected chi connectivity index (χ2v) is 6.58. The lowest BCUT2D eigenvalue weighted by Gasteiger charge is -2.21. The lowest BCUT2D eigenvalue weighted by molar-refractivity contribution is -0.134. The summed E-state index contributed by atoms with van der Waals surface area (Å²) >= 11 is 0. The number of guanidine groups is 1. The number of carbonyl (C=O) groups is 1. The lowest BCUT2D eigenvalue weighted by atomic mass is 10.1. The molecular weight excluding hydrogens is 433 g/mol. The summed E-state index contributed by atoms with van der Waals surface area (Å²) < 4.78 is 4.83. The molecule has 2 fully saturated rings. The maximum Gasteiger partial charge on any atom is 0.225 e. The Bertz CT molecular complexity index is 557. The van der Waals surface area contributed by atoms with Gasteiger partial charge in [0.25, 0.3) is 0 Å². The molecular formula is C17H28IN5O2. The van der Waals surface area contributed by atoms with Crippen molar-refractivity contribution in [2.75, 3.05) is 19.6 Å². The molecule has 1 aliphatic heterocycles. The molecule has 1 atom stereocenters. The molecule has 2 N–H and O–H groups in total. The van der Waals surface area contributed by atoms with Gasteiger partial charge in [-0.05, 0) is 26.2 Å². The largest absolute Gasteiger partial charge is 0.364 e. The number of aliphatic imine (C=N–C) groups is 1. The Morgan fingerprint density at radius 2 is 2.20 bits per heavy atom. The highest BCUT2D eigenvalue weighted by Gasteiger charge is 2.32. The summed E-state index contributed by atoms with van der Waals surface area (Å²) in [4.78, 5) is 19.1. The van der Waals surface area contributed by atoms with Crippen LogP contribution in [0.15, 0.2) is 21.8 Å². The number of carbonyl (C=O) groups excluding carboxylic acids is 1. The fraction of sp³-hybridized carbons (Fsp3) is 0.706. The molecule has 2 heterocycles. The van der Waals surface area contributed by atoms with Gasteiger partial charge in [-0.1, -0.05) is 18.0 Å². The Balaban J connectivity index is 0.00000225. The van der Waals surface area contributed by atoms with Gasteiger partial charge in [0.1, 0.15) is 12.0 Å². The van der Waals surface area contributed by atoms with Gasteiger partial charge in [0.05, 0.1) is 6.54 Å². The lowest BCUT2D eigenvalue weighted by Crippen LogP contribution is -2.45. The van der Waals surface area contributed by atoms with Gasteiger partial charge in [-0.2, -0.15) is 0 Å². The van der Waals surface area contributed by atoms with Crippen molar-refractivity contribution in [2.45, 2.75) is 51.6 Å². The highest BCUT2D eigenvalue weighted by atomic mass is 127. The minimum atomic E-state index is 0. The smallest absolute Gasteiger partial charge is 0.225 e. The second-order valence-electron chi connectivity index (χ2n) is 6.58. The molecule has 1 saturated carbocycles. The molecule has 1 aromatic heterocycles. The van der Waals surface area contributed by atoms with Crippen LogP contribution in [0.3, 0.4) is 0 Å². The predicted octanol–water partition coefficient (Wildman–Crippen LogP) is 2.14. The number of rotatable bonds is 5. The van der Waals surface area contributed by atoms with Crippen molar-refractivity contribution in [3.8, 4) is 0 Å². The van der Waals surface area contributed by atoms with E-state index in [1.807, 2.05) is 17.9 Å².